The number of amides is 4. The fourth-order valence-electron chi connectivity index (χ4n) is 20.5. The van der Waals surface area contributed by atoms with Crippen molar-refractivity contribution in [2.24, 2.45) is 23.7 Å². The third kappa shape index (κ3) is 17.5. The van der Waals surface area contributed by atoms with Crippen LogP contribution >= 0.6 is 0 Å². The minimum Gasteiger partial charge on any atom is -0.346 e. The summed E-state index contributed by atoms with van der Waals surface area (Å²) >= 11 is 0. The lowest BCUT2D eigenvalue weighted by molar-refractivity contribution is -0.528. The summed E-state index contributed by atoms with van der Waals surface area (Å²) in [6.07, 6.45) is 31.7. The van der Waals surface area contributed by atoms with Crippen molar-refractivity contribution in [3.05, 3.63) is 351 Å². The Morgan fingerprint density at radius 3 is 0.702 bits per heavy atom. The maximum atomic E-state index is 12.9. The summed E-state index contributed by atoms with van der Waals surface area (Å²) < 4.78 is 0. The van der Waals surface area contributed by atoms with Crippen molar-refractivity contribution in [2.75, 3.05) is 26.2 Å². The Morgan fingerprint density at radius 2 is 0.500 bits per heavy atom. The summed E-state index contributed by atoms with van der Waals surface area (Å²) in [5.74, 6) is -0.432. The average Bonchev–Trinajstić information content (AvgIpc) is 1.44. The molecular weight excluding hydrogens is 1570 g/mol. The normalized spacial score (nSPS) is 23.5. The summed E-state index contributed by atoms with van der Waals surface area (Å²) in [4.78, 5) is 135. The lowest BCUT2D eigenvalue weighted by Crippen LogP contribution is -2.42. The van der Waals surface area contributed by atoms with E-state index in [0.29, 0.717) is 129 Å². The van der Waals surface area contributed by atoms with Gasteiger partial charge in [-0.2, -0.15) is 0 Å². The third-order valence-corrected chi connectivity index (χ3v) is 26.6. The standard InChI is InChI=1S/4C24H24N4O3/c4*29-22-13-17-8-9-21(28(30)31)23(16-5-2-1-3-6-16)20(17)15-27(22)12-10-18-14-26-24-19(18)7-4-11-25-24/h4*1-7,11,14-15,17,21,23H,8-10,12-13H2,(H,25,26)/t4*17-,21+,23+/m0000/s1. The quantitative estimate of drug-likeness (QED) is 0.0407. The first-order valence-corrected chi connectivity index (χ1v) is 42.9. The van der Waals surface area contributed by atoms with E-state index in [0.717, 1.165) is 111 Å². The molecule has 4 aliphatic carbocycles. The van der Waals surface area contributed by atoms with Gasteiger partial charge in [-0.1, -0.05) is 121 Å². The number of nitrogens with one attached hydrogen (secondary N) is 4. The number of H-pyrrole nitrogens is 4. The minimum atomic E-state index is -0.653. The van der Waals surface area contributed by atoms with Crippen LogP contribution in [0.3, 0.4) is 0 Å². The van der Waals surface area contributed by atoms with E-state index in [2.05, 4.69) is 39.9 Å². The summed E-state index contributed by atoms with van der Waals surface area (Å²) in [6, 6.07) is 51.9. The van der Waals surface area contributed by atoms with Crippen molar-refractivity contribution < 1.29 is 38.9 Å². The predicted octanol–water partition coefficient (Wildman–Crippen LogP) is 16.2. The Bertz CT molecular complexity index is 5350. The highest BCUT2D eigenvalue weighted by atomic mass is 16.6. The Morgan fingerprint density at radius 1 is 0.290 bits per heavy atom. The Balaban J connectivity index is 0.000000117. The molecule has 0 spiro atoms. The molecule has 4 aliphatic heterocycles. The zero-order chi connectivity index (χ0) is 85.5. The molecule has 4 fully saturated rings. The molecule has 4 saturated carbocycles. The van der Waals surface area contributed by atoms with Gasteiger partial charge in [0.25, 0.3) is 0 Å². The zero-order valence-electron chi connectivity index (χ0n) is 68.4. The van der Waals surface area contributed by atoms with Crippen LogP contribution in [-0.4, -0.2) is 153 Å². The molecule has 632 valence electrons. The van der Waals surface area contributed by atoms with Crippen LogP contribution in [0.5, 0.6) is 0 Å². The SMILES string of the molecule is O=C1C[C@@H]2CC[C@@H]([N+](=O)[O-])[C@H](c3ccccc3)C2=CN1CCc1c[nH]c2ncccc12.O=C1C[C@@H]2CC[C@@H]([N+](=O)[O-])[C@H](c3ccccc3)C2=CN1CCc1c[nH]c2ncccc12.O=C1C[C@@H]2CC[C@@H]([N+](=O)[O-])[C@H](c3ccccc3)C2=CN1CCc1c[nH]c2ncccc12.O=C1C[C@@H]2CC[C@@H]([N+](=O)[O-])[C@H](c3ccccc3)C2=CN1CCc1c[nH]c2ncccc12. The molecule has 8 aromatic heterocycles. The van der Waals surface area contributed by atoms with Gasteiger partial charge >= 0.3 is 0 Å². The number of hydrogen-bond acceptors (Lipinski definition) is 16. The number of carbonyl (C=O) groups is 4. The minimum absolute atomic E-state index is 0.0856. The summed E-state index contributed by atoms with van der Waals surface area (Å²) in [5.41, 5.74) is 15.7. The van der Waals surface area contributed by atoms with Crippen LogP contribution in [0.1, 0.15) is 145 Å². The number of rotatable bonds is 20. The monoisotopic (exact) mass is 1660 g/mol. The lowest BCUT2D eigenvalue weighted by atomic mass is 9.69. The second-order valence-corrected chi connectivity index (χ2v) is 33.6. The maximum Gasteiger partial charge on any atom is 0.227 e. The Kier molecular flexibility index (Phi) is 24.5. The number of hydrogen-bond donors (Lipinski definition) is 4. The maximum absolute atomic E-state index is 12.9. The largest absolute Gasteiger partial charge is 0.346 e. The van der Waals surface area contributed by atoms with Gasteiger partial charge in [0.05, 0.1) is 23.7 Å². The number of fused-ring (bicyclic) bond motifs is 8. The van der Waals surface area contributed by atoms with Gasteiger partial charge in [-0.15, -0.1) is 0 Å². The molecule has 124 heavy (non-hydrogen) atoms. The number of nitrogens with zero attached hydrogens (tertiary/aromatic N) is 12. The van der Waals surface area contributed by atoms with E-state index in [1.807, 2.05) is 219 Å². The first kappa shape index (κ1) is 82.4. The van der Waals surface area contributed by atoms with E-state index in [9.17, 15) is 59.6 Å². The summed E-state index contributed by atoms with van der Waals surface area (Å²) in [7, 11) is 0. The molecule has 4 N–H and O–H groups in total. The molecule has 20 rings (SSSR count). The molecule has 0 saturated heterocycles. The van der Waals surface area contributed by atoms with Gasteiger partial charge in [-0.05, 0) is 190 Å². The van der Waals surface area contributed by atoms with Crippen LogP contribution in [0.2, 0.25) is 0 Å². The van der Waals surface area contributed by atoms with Crippen LogP contribution in [0.15, 0.2) is 267 Å². The first-order chi connectivity index (χ1) is 60.5. The Hall–Kier alpha value is -13.9. The van der Waals surface area contributed by atoms with Crippen LogP contribution < -0.4 is 0 Å². The molecule has 4 amide bonds. The average molecular weight is 1670 g/mol. The van der Waals surface area contributed by atoms with Gasteiger partial charge < -0.3 is 39.5 Å². The van der Waals surface area contributed by atoms with Crippen molar-refractivity contribution in [1.29, 1.82) is 0 Å². The van der Waals surface area contributed by atoms with Crippen molar-refractivity contribution >= 4 is 67.8 Å². The van der Waals surface area contributed by atoms with Crippen molar-refractivity contribution in [2.45, 2.75) is 151 Å². The van der Waals surface area contributed by atoms with Crippen molar-refractivity contribution in [3.8, 4) is 0 Å². The van der Waals surface area contributed by atoms with Gasteiger partial charge in [0.1, 0.15) is 22.6 Å². The number of nitro groups is 4. The second kappa shape index (κ2) is 36.8. The highest BCUT2D eigenvalue weighted by molar-refractivity contribution is 5.85. The molecular formula is C96H96N16O12. The Labute approximate surface area is 714 Å². The molecule has 0 radical (unpaired) electrons. The molecule has 12 atom stereocenters. The van der Waals surface area contributed by atoms with E-state index in [-0.39, 0.29) is 90.7 Å². The summed E-state index contributed by atoms with van der Waals surface area (Å²) in [6.45, 7) is 2.17. The van der Waals surface area contributed by atoms with Gasteiger partial charge in [0.15, 0.2) is 0 Å². The zero-order valence-corrected chi connectivity index (χ0v) is 68.4. The van der Waals surface area contributed by atoms with E-state index in [1.54, 1.807) is 44.4 Å². The summed E-state index contributed by atoms with van der Waals surface area (Å²) in [5, 5.41) is 51.7. The number of carbonyl (C=O) groups excluding carboxylic acids is 4. The number of pyridine rings is 4. The molecule has 0 unspecified atom stereocenters. The van der Waals surface area contributed by atoms with Gasteiger partial charge in [0, 0.05) is 193 Å². The van der Waals surface area contributed by atoms with Crippen LogP contribution in [-0.2, 0) is 44.9 Å². The number of aromatic amines is 4. The predicted molar refractivity (Wildman–Crippen MR) is 468 cm³/mol. The lowest BCUT2D eigenvalue weighted by Gasteiger charge is -2.39. The fraction of sp³-hybridized carbons (Fsp3) is 0.333. The first-order valence-electron chi connectivity index (χ1n) is 42.9. The smallest absolute Gasteiger partial charge is 0.227 e. The number of benzene rings is 4. The second-order valence-electron chi connectivity index (χ2n) is 33.6. The fourth-order valence-corrected chi connectivity index (χ4v) is 20.5. The van der Waals surface area contributed by atoms with E-state index < -0.39 is 24.2 Å². The highest BCUT2D eigenvalue weighted by Gasteiger charge is 2.50. The third-order valence-electron chi connectivity index (χ3n) is 26.6. The molecule has 28 nitrogen and oxygen atoms in total. The molecule has 12 heterocycles. The van der Waals surface area contributed by atoms with E-state index in [4.69, 9.17) is 0 Å². The highest BCUT2D eigenvalue weighted by Crippen LogP contribution is 2.51. The van der Waals surface area contributed by atoms with Crippen LogP contribution in [0.4, 0.5) is 0 Å². The van der Waals surface area contributed by atoms with Gasteiger partial charge in [-0.25, -0.2) is 19.9 Å². The topological polar surface area (TPSA) is 369 Å². The molecule has 8 aliphatic rings. The van der Waals surface area contributed by atoms with Gasteiger partial charge in [-0.3, -0.25) is 59.6 Å². The molecule has 12 aromatic rings. The van der Waals surface area contributed by atoms with Crippen molar-refractivity contribution in [1.82, 2.24) is 59.5 Å². The number of aromatic nitrogens is 8. The van der Waals surface area contributed by atoms with E-state index in [1.165, 1.54) is 0 Å². The van der Waals surface area contributed by atoms with E-state index >= 15 is 0 Å². The van der Waals surface area contributed by atoms with Gasteiger partial charge in [0.2, 0.25) is 47.8 Å². The molecule has 28 heteroatoms. The molecule has 4 aromatic carbocycles. The van der Waals surface area contributed by atoms with Crippen LogP contribution in [0.25, 0.3) is 44.1 Å². The van der Waals surface area contributed by atoms with Crippen LogP contribution in [0, 0.1) is 64.1 Å². The van der Waals surface area contributed by atoms with Crippen molar-refractivity contribution in [3.63, 3.8) is 0 Å². The molecule has 0 bridgehead atoms.